The van der Waals surface area contributed by atoms with Crippen LogP contribution in [0.25, 0.3) is 5.70 Å². The minimum absolute atomic E-state index is 0.735. The lowest BCUT2D eigenvalue weighted by atomic mass is 10.2. The highest BCUT2D eigenvalue weighted by molar-refractivity contribution is 7.13. The van der Waals surface area contributed by atoms with Crippen LogP contribution in [0.3, 0.4) is 0 Å². The molecule has 0 aliphatic rings. The lowest BCUT2D eigenvalue weighted by molar-refractivity contribution is 0.946. The van der Waals surface area contributed by atoms with Crippen LogP contribution < -0.4 is 10.8 Å². The van der Waals surface area contributed by atoms with Gasteiger partial charge >= 0.3 is 0 Å². The van der Waals surface area contributed by atoms with Gasteiger partial charge in [-0.2, -0.15) is 0 Å². The zero-order valence-electron chi connectivity index (χ0n) is 12.9. The quantitative estimate of drug-likeness (QED) is 0.822. The first-order chi connectivity index (χ1) is 10.7. The molecule has 114 valence electrons. The van der Waals surface area contributed by atoms with Crippen molar-refractivity contribution in [2.24, 2.45) is 4.99 Å². The second-order valence-electron chi connectivity index (χ2n) is 4.54. The summed E-state index contributed by atoms with van der Waals surface area (Å²) in [6, 6.07) is 5.95. The second kappa shape index (κ2) is 7.56. The Hall–Kier alpha value is -2.40. The van der Waals surface area contributed by atoms with Crippen molar-refractivity contribution >= 4 is 22.2 Å². The van der Waals surface area contributed by atoms with Gasteiger partial charge in [0.15, 0.2) is 5.13 Å². The molecule has 0 saturated carbocycles. The smallest absolute Gasteiger partial charge is 0.187 e. The molecule has 4 nitrogen and oxygen atoms in total. The first-order valence-corrected chi connectivity index (χ1v) is 7.92. The molecular formula is C17H20N4S. The number of aromatic nitrogens is 2. The molecule has 22 heavy (non-hydrogen) atoms. The lowest BCUT2D eigenvalue weighted by Crippen LogP contribution is -2.19. The minimum atomic E-state index is 0.735. The Kier molecular flexibility index (Phi) is 5.49. The van der Waals surface area contributed by atoms with Crippen molar-refractivity contribution in [2.45, 2.75) is 13.3 Å². The van der Waals surface area contributed by atoms with E-state index in [0.717, 1.165) is 34.1 Å². The maximum Gasteiger partial charge on any atom is 0.187 e. The van der Waals surface area contributed by atoms with Crippen molar-refractivity contribution in [3.63, 3.8) is 0 Å². The van der Waals surface area contributed by atoms with E-state index in [2.05, 4.69) is 41.5 Å². The summed E-state index contributed by atoms with van der Waals surface area (Å²) >= 11 is 1.54. The predicted molar refractivity (Wildman–Crippen MR) is 94.7 cm³/mol. The number of anilines is 1. The number of thiazole rings is 1. The van der Waals surface area contributed by atoms with E-state index in [1.807, 2.05) is 34.3 Å². The molecule has 0 amide bonds. The molecule has 0 aromatic carbocycles. The number of nitrogens with zero attached hydrogens (tertiary/aromatic N) is 3. The fourth-order valence-corrected chi connectivity index (χ4v) is 2.71. The van der Waals surface area contributed by atoms with E-state index < -0.39 is 0 Å². The van der Waals surface area contributed by atoms with E-state index in [9.17, 15) is 0 Å². The van der Waals surface area contributed by atoms with E-state index in [-0.39, 0.29) is 0 Å². The first-order valence-electron chi connectivity index (χ1n) is 7.05. The predicted octanol–water partition coefficient (Wildman–Crippen LogP) is 3.89. The number of rotatable bonds is 6. The van der Waals surface area contributed by atoms with Gasteiger partial charge in [0, 0.05) is 24.3 Å². The zero-order valence-corrected chi connectivity index (χ0v) is 13.7. The van der Waals surface area contributed by atoms with Crippen molar-refractivity contribution < 1.29 is 0 Å². The maximum absolute atomic E-state index is 4.64. The highest BCUT2D eigenvalue weighted by atomic mass is 32.1. The molecule has 2 aromatic rings. The highest BCUT2D eigenvalue weighted by Crippen LogP contribution is 2.23. The fourth-order valence-electron chi connectivity index (χ4n) is 1.98. The molecule has 0 fully saturated rings. The molecule has 0 radical (unpaired) electrons. The second-order valence-corrected chi connectivity index (χ2v) is 5.40. The minimum Gasteiger partial charge on any atom is -0.332 e. The number of hydrogen-bond acceptors (Lipinski definition) is 4. The topological polar surface area (TPSA) is 42.2 Å². The van der Waals surface area contributed by atoms with E-state index in [1.54, 1.807) is 13.1 Å². The van der Waals surface area contributed by atoms with Gasteiger partial charge in [-0.05, 0) is 24.6 Å². The van der Waals surface area contributed by atoms with Crippen LogP contribution in [-0.4, -0.2) is 16.6 Å². The average molecular weight is 312 g/mol. The van der Waals surface area contributed by atoms with Crippen LogP contribution in [0.1, 0.15) is 19.0 Å². The van der Waals surface area contributed by atoms with Crippen molar-refractivity contribution in [1.82, 2.24) is 9.55 Å². The Balaban J connectivity index is 2.44. The molecule has 0 spiro atoms. The lowest BCUT2D eigenvalue weighted by Gasteiger charge is -2.10. The maximum atomic E-state index is 4.64. The standard InChI is InChI=1S/C17H20N4S/c1-5-9-15(21-11-8-7-10-16(21)18-4)14-12-22-17(20-14)19-13(3)6-2/h6-12H,2-3,5H2,1,4H3,(H,19,20)/b15-9-,18-16?. The summed E-state index contributed by atoms with van der Waals surface area (Å²) in [4.78, 5) is 8.96. The van der Waals surface area contributed by atoms with Crippen LogP contribution in [0.4, 0.5) is 5.13 Å². The van der Waals surface area contributed by atoms with Gasteiger partial charge in [-0.1, -0.05) is 32.2 Å². The molecule has 0 aliphatic carbocycles. The number of allylic oxidation sites excluding steroid dienone is 2. The number of hydrogen-bond donors (Lipinski definition) is 1. The summed E-state index contributed by atoms with van der Waals surface area (Å²) < 4.78 is 2.05. The van der Waals surface area contributed by atoms with Crippen molar-refractivity contribution in [3.05, 3.63) is 72.0 Å². The van der Waals surface area contributed by atoms with E-state index >= 15 is 0 Å². The van der Waals surface area contributed by atoms with Crippen molar-refractivity contribution in [2.75, 3.05) is 12.4 Å². The molecule has 1 N–H and O–H groups in total. The van der Waals surface area contributed by atoms with Crippen molar-refractivity contribution in [3.8, 4) is 0 Å². The molecular weight excluding hydrogens is 292 g/mol. The molecule has 2 heterocycles. The molecule has 0 unspecified atom stereocenters. The summed E-state index contributed by atoms with van der Waals surface area (Å²) in [7, 11) is 1.79. The molecule has 5 heteroatoms. The monoisotopic (exact) mass is 312 g/mol. The van der Waals surface area contributed by atoms with E-state index in [0.29, 0.717) is 0 Å². The van der Waals surface area contributed by atoms with Gasteiger partial charge in [0.1, 0.15) is 11.2 Å². The molecule has 2 rings (SSSR count). The zero-order chi connectivity index (χ0) is 15.9. The summed E-state index contributed by atoms with van der Waals surface area (Å²) in [5.74, 6) is 0. The van der Waals surface area contributed by atoms with Crippen LogP contribution in [0, 0.1) is 0 Å². The van der Waals surface area contributed by atoms with Crippen LogP contribution in [-0.2, 0) is 0 Å². The van der Waals surface area contributed by atoms with Crippen LogP contribution in [0.2, 0.25) is 0 Å². The van der Waals surface area contributed by atoms with E-state index in [1.165, 1.54) is 11.3 Å². The van der Waals surface area contributed by atoms with Gasteiger partial charge in [0.05, 0.1) is 5.70 Å². The Morgan fingerprint density at radius 1 is 1.50 bits per heavy atom. The van der Waals surface area contributed by atoms with Crippen LogP contribution >= 0.6 is 11.3 Å². The van der Waals surface area contributed by atoms with Gasteiger partial charge in [0.25, 0.3) is 0 Å². The molecule has 2 aromatic heterocycles. The van der Waals surface area contributed by atoms with Gasteiger partial charge < -0.3 is 9.88 Å². The summed E-state index contributed by atoms with van der Waals surface area (Å²) in [5, 5.41) is 5.95. The third-order valence-electron chi connectivity index (χ3n) is 3.00. The summed E-state index contributed by atoms with van der Waals surface area (Å²) in [6.07, 6.45) is 6.73. The molecule has 0 aliphatic heterocycles. The van der Waals surface area contributed by atoms with E-state index in [4.69, 9.17) is 0 Å². The summed E-state index contributed by atoms with van der Waals surface area (Å²) in [6.45, 7) is 9.64. The van der Waals surface area contributed by atoms with Gasteiger partial charge in [-0.15, -0.1) is 11.3 Å². The third kappa shape index (κ3) is 3.62. The van der Waals surface area contributed by atoms with Crippen molar-refractivity contribution in [1.29, 1.82) is 0 Å². The normalized spacial score (nSPS) is 12.3. The number of pyridine rings is 1. The molecule has 0 saturated heterocycles. The molecule has 0 atom stereocenters. The Morgan fingerprint density at radius 3 is 3.00 bits per heavy atom. The van der Waals surface area contributed by atoms with Crippen LogP contribution in [0.5, 0.6) is 0 Å². The van der Waals surface area contributed by atoms with Crippen LogP contribution in [0.15, 0.2) is 65.8 Å². The average Bonchev–Trinajstić information content (AvgIpc) is 3.00. The Labute approximate surface area is 134 Å². The highest BCUT2D eigenvalue weighted by Gasteiger charge is 2.09. The van der Waals surface area contributed by atoms with Gasteiger partial charge in [-0.3, -0.25) is 4.99 Å². The Bertz CT molecular complexity index is 765. The number of nitrogens with one attached hydrogen (secondary N) is 1. The first kappa shape index (κ1) is 16.0. The summed E-state index contributed by atoms with van der Waals surface area (Å²) in [5.41, 5.74) is 3.56. The van der Waals surface area contributed by atoms with Gasteiger partial charge in [-0.25, -0.2) is 4.98 Å². The van der Waals surface area contributed by atoms with Gasteiger partial charge in [0.2, 0.25) is 0 Å². The third-order valence-corrected chi connectivity index (χ3v) is 3.76. The Morgan fingerprint density at radius 2 is 2.32 bits per heavy atom. The largest absolute Gasteiger partial charge is 0.332 e. The fraction of sp³-hybridized carbons (Fsp3) is 0.176. The molecule has 0 bridgehead atoms. The SMILES string of the molecule is C=CC(=C)Nc1nc(/C(=C/CC)n2ccccc2=NC)cs1.